The van der Waals surface area contributed by atoms with Gasteiger partial charge in [-0.25, -0.2) is 31.6 Å². The summed E-state index contributed by atoms with van der Waals surface area (Å²) < 4.78 is 69.3. The highest BCUT2D eigenvalue weighted by atomic mass is 32.2. The average molecular weight is 535 g/mol. The number of sulfonamides is 1. The van der Waals surface area contributed by atoms with Crippen molar-refractivity contribution in [3.05, 3.63) is 58.6 Å². The molecule has 1 aliphatic rings. The van der Waals surface area contributed by atoms with Crippen LogP contribution in [0.5, 0.6) is 0 Å². The maximum absolute atomic E-state index is 13.9. The Labute approximate surface area is 209 Å². The molecule has 0 aliphatic carbocycles. The van der Waals surface area contributed by atoms with E-state index in [1.54, 1.807) is 6.07 Å². The number of rotatable bonds is 6. The van der Waals surface area contributed by atoms with Gasteiger partial charge < -0.3 is 5.32 Å². The molecule has 2 aromatic carbocycles. The van der Waals surface area contributed by atoms with Crippen molar-refractivity contribution in [1.29, 1.82) is 0 Å². The number of fused-ring (bicyclic) bond motifs is 1. The van der Waals surface area contributed by atoms with Crippen molar-refractivity contribution >= 4 is 38.1 Å². The van der Waals surface area contributed by atoms with Crippen LogP contribution in [0.4, 0.5) is 19.0 Å². The van der Waals surface area contributed by atoms with Gasteiger partial charge in [-0.1, -0.05) is 23.5 Å². The predicted molar refractivity (Wildman–Crippen MR) is 130 cm³/mol. The van der Waals surface area contributed by atoms with Gasteiger partial charge in [0.2, 0.25) is 10.0 Å². The first-order chi connectivity index (χ1) is 17.0. The molecule has 0 bridgehead atoms. The third-order valence-electron chi connectivity index (χ3n) is 5.90. The molecule has 1 aliphatic heterocycles. The van der Waals surface area contributed by atoms with Gasteiger partial charge in [0, 0.05) is 18.4 Å². The molecule has 1 unspecified atom stereocenters. The summed E-state index contributed by atoms with van der Waals surface area (Å²) in [6, 6.07) is 8.32. The van der Waals surface area contributed by atoms with Crippen molar-refractivity contribution in [1.82, 2.24) is 24.5 Å². The highest BCUT2D eigenvalue weighted by molar-refractivity contribution is 7.89. The van der Waals surface area contributed by atoms with Gasteiger partial charge in [0.05, 0.1) is 18.1 Å². The minimum atomic E-state index is -4.33. The Bertz CT molecular complexity index is 1540. The Kier molecular flexibility index (Phi) is 6.17. The van der Waals surface area contributed by atoms with Crippen molar-refractivity contribution in [2.24, 2.45) is 0 Å². The molecule has 1 saturated heterocycles. The topological polar surface area (TPSA) is 101 Å². The van der Waals surface area contributed by atoms with Crippen LogP contribution in [0.3, 0.4) is 0 Å². The second-order valence-corrected chi connectivity index (χ2v) is 11.7. The zero-order valence-electron chi connectivity index (χ0n) is 19.2. The van der Waals surface area contributed by atoms with Crippen LogP contribution in [0.1, 0.15) is 29.4 Å². The van der Waals surface area contributed by atoms with E-state index < -0.39 is 34.7 Å². The van der Waals surface area contributed by atoms with E-state index in [4.69, 9.17) is 0 Å². The first-order valence-corrected chi connectivity index (χ1v) is 13.3. The van der Waals surface area contributed by atoms with Crippen LogP contribution in [-0.4, -0.2) is 51.9 Å². The fraction of sp³-hybridized carbons (Fsp3) is 0.304. The summed E-state index contributed by atoms with van der Waals surface area (Å²) in [4.78, 5) is 8.32. The maximum atomic E-state index is 13.9. The fourth-order valence-corrected chi connectivity index (χ4v) is 6.41. The summed E-state index contributed by atoms with van der Waals surface area (Å²) in [6.45, 7) is 2.49. The number of aryl methyl sites for hydroxylation is 1. The van der Waals surface area contributed by atoms with E-state index in [1.165, 1.54) is 48.0 Å². The predicted octanol–water partition coefficient (Wildman–Crippen LogP) is 4.80. The normalized spacial score (nSPS) is 16.9. The number of nitrogens with one attached hydrogen (secondary N) is 1. The fourth-order valence-electron chi connectivity index (χ4n) is 4.06. The lowest BCUT2D eigenvalue weighted by atomic mass is 10.0. The second-order valence-electron chi connectivity index (χ2n) is 8.57. The molecule has 0 amide bonds. The highest BCUT2D eigenvalue weighted by Crippen LogP contribution is 2.37. The van der Waals surface area contributed by atoms with Gasteiger partial charge in [-0.05, 0) is 49.2 Å². The molecule has 1 atom stereocenters. The molecule has 0 spiro atoms. The SMILES string of the molecule is Cc1nnc(C(C)Nc2ncnc3c(S(=O)(=O)N4CCC(F)(F)C4)cc(-c4ccc(F)cc4)cc23)s1. The van der Waals surface area contributed by atoms with E-state index >= 15 is 0 Å². The molecule has 0 saturated carbocycles. The van der Waals surface area contributed by atoms with Gasteiger partial charge in [0.15, 0.2) is 0 Å². The first kappa shape index (κ1) is 24.5. The summed E-state index contributed by atoms with van der Waals surface area (Å²) in [6.07, 6.45) is 0.667. The van der Waals surface area contributed by atoms with Crippen molar-refractivity contribution in [2.45, 2.75) is 37.1 Å². The monoisotopic (exact) mass is 534 g/mol. The second kappa shape index (κ2) is 9.05. The number of benzene rings is 2. The maximum Gasteiger partial charge on any atom is 0.262 e. The van der Waals surface area contributed by atoms with Gasteiger partial charge in [0.25, 0.3) is 5.92 Å². The minimum Gasteiger partial charge on any atom is -0.360 e. The van der Waals surface area contributed by atoms with Crippen LogP contribution in [0.25, 0.3) is 22.0 Å². The van der Waals surface area contributed by atoms with Gasteiger partial charge in [-0.2, -0.15) is 4.31 Å². The molecule has 2 aromatic heterocycles. The molecule has 36 heavy (non-hydrogen) atoms. The van der Waals surface area contributed by atoms with Crippen molar-refractivity contribution in [3.8, 4) is 11.1 Å². The summed E-state index contributed by atoms with van der Waals surface area (Å²) in [5.41, 5.74) is 1.09. The Morgan fingerprint density at radius 3 is 2.50 bits per heavy atom. The summed E-state index contributed by atoms with van der Waals surface area (Å²) >= 11 is 1.41. The van der Waals surface area contributed by atoms with Crippen molar-refractivity contribution in [2.75, 3.05) is 18.4 Å². The first-order valence-electron chi connectivity index (χ1n) is 11.0. The molecular formula is C23H21F3N6O2S2. The number of alkyl halides is 2. The lowest BCUT2D eigenvalue weighted by molar-refractivity contribution is 0.0183. The van der Waals surface area contributed by atoms with Crippen LogP contribution in [0, 0.1) is 12.7 Å². The van der Waals surface area contributed by atoms with E-state index in [2.05, 4.69) is 25.5 Å². The van der Waals surface area contributed by atoms with Gasteiger partial charge >= 0.3 is 0 Å². The molecule has 188 valence electrons. The Hall–Kier alpha value is -3.16. The molecule has 0 radical (unpaired) electrons. The van der Waals surface area contributed by atoms with E-state index in [9.17, 15) is 21.6 Å². The standard InChI is InChI=1S/C23H21F3N6O2S2/c1-13(22-31-30-14(2)35-22)29-21-18-9-16(15-3-5-17(24)6-4-15)10-19(20(18)27-12-28-21)36(33,34)32-8-7-23(25,26)11-32/h3-6,9-10,12-13H,7-8,11H2,1-2H3,(H,27,28,29). The number of nitrogens with zero attached hydrogens (tertiary/aromatic N) is 5. The zero-order valence-corrected chi connectivity index (χ0v) is 20.9. The van der Waals surface area contributed by atoms with Crippen LogP contribution in [0.2, 0.25) is 0 Å². The Balaban J connectivity index is 1.67. The van der Waals surface area contributed by atoms with Crippen molar-refractivity contribution in [3.63, 3.8) is 0 Å². The Morgan fingerprint density at radius 1 is 1.11 bits per heavy atom. The van der Waals surface area contributed by atoms with E-state index in [0.717, 1.165) is 9.31 Å². The van der Waals surface area contributed by atoms with Crippen LogP contribution < -0.4 is 5.32 Å². The molecule has 3 heterocycles. The van der Waals surface area contributed by atoms with Crippen LogP contribution in [0.15, 0.2) is 47.6 Å². The summed E-state index contributed by atoms with van der Waals surface area (Å²) in [5.74, 6) is -3.21. The number of anilines is 1. The van der Waals surface area contributed by atoms with E-state index in [-0.39, 0.29) is 23.0 Å². The number of halogens is 3. The average Bonchev–Trinajstić information content (AvgIpc) is 3.44. The minimum absolute atomic E-state index is 0.0919. The lowest BCUT2D eigenvalue weighted by Crippen LogP contribution is -2.31. The number of hydrogen-bond donors (Lipinski definition) is 1. The summed E-state index contributed by atoms with van der Waals surface area (Å²) in [7, 11) is -4.33. The largest absolute Gasteiger partial charge is 0.360 e. The molecule has 1 fully saturated rings. The van der Waals surface area contributed by atoms with E-state index in [0.29, 0.717) is 27.3 Å². The molecular weight excluding hydrogens is 513 g/mol. The third kappa shape index (κ3) is 4.65. The number of hydrogen-bond acceptors (Lipinski definition) is 8. The zero-order chi connectivity index (χ0) is 25.7. The Morgan fingerprint density at radius 2 is 1.86 bits per heavy atom. The molecule has 8 nitrogen and oxygen atoms in total. The van der Waals surface area contributed by atoms with E-state index in [1.807, 2.05) is 13.8 Å². The van der Waals surface area contributed by atoms with Crippen LogP contribution >= 0.6 is 11.3 Å². The lowest BCUT2D eigenvalue weighted by Gasteiger charge is -2.19. The van der Waals surface area contributed by atoms with Crippen molar-refractivity contribution < 1.29 is 21.6 Å². The van der Waals surface area contributed by atoms with Crippen LogP contribution in [-0.2, 0) is 10.0 Å². The van der Waals surface area contributed by atoms with Gasteiger partial charge in [-0.3, -0.25) is 0 Å². The highest BCUT2D eigenvalue weighted by Gasteiger charge is 2.44. The quantitative estimate of drug-likeness (QED) is 0.379. The third-order valence-corrected chi connectivity index (χ3v) is 8.78. The molecule has 4 aromatic rings. The smallest absolute Gasteiger partial charge is 0.262 e. The molecule has 13 heteroatoms. The molecule has 5 rings (SSSR count). The number of aromatic nitrogens is 4. The van der Waals surface area contributed by atoms with Gasteiger partial charge in [-0.15, -0.1) is 10.2 Å². The molecule has 1 N–H and O–H groups in total. The summed E-state index contributed by atoms with van der Waals surface area (Å²) in [5, 5.41) is 13.3. The van der Waals surface area contributed by atoms with Gasteiger partial charge in [0.1, 0.15) is 32.9 Å².